The SMILES string of the molecule is Cc1cc(C)cc(N(C)CC2C(O)C(C)(C)OC2(C)C)c1. The Morgan fingerprint density at radius 1 is 1.05 bits per heavy atom. The van der Waals surface area contributed by atoms with Gasteiger partial charge in [-0.1, -0.05) is 6.07 Å². The Hall–Kier alpha value is -1.06. The van der Waals surface area contributed by atoms with Crippen LogP contribution in [0.4, 0.5) is 5.69 Å². The van der Waals surface area contributed by atoms with E-state index in [1.807, 2.05) is 13.8 Å². The van der Waals surface area contributed by atoms with Gasteiger partial charge in [-0.15, -0.1) is 0 Å². The molecule has 1 aromatic carbocycles. The lowest BCUT2D eigenvalue weighted by Crippen LogP contribution is -2.42. The number of aryl methyl sites for hydroxylation is 2. The van der Waals surface area contributed by atoms with Crippen molar-refractivity contribution in [2.45, 2.75) is 58.8 Å². The van der Waals surface area contributed by atoms with Gasteiger partial charge in [0, 0.05) is 25.2 Å². The molecule has 2 unspecified atom stereocenters. The standard InChI is InChI=1S/C18H29NO2/c1-12-8-13(2)10-14(9-12)19(7)11-15-16(20)18(5,6)21-17(15,3)4/h8-10,15-16,20H,11H2,1-7H3. The minimum Gasteiger partial charge on any atom is -0.390 e. The van der Waals surface area contributed by atoms with Crippen molar-refractivity contribution in [3.05, 3.63) is 29.3 Å². The van der Waals surface area contributed by atoms with E-state index >= 15 is 0 Å². The van der Waals surface area contributed by atoms with Crippen molar-refractivity contribution in [1.29, 1.82) is 0 Å². The summed E-state index contributed by atoms with van der Waals surface area (Å²) in [6.45, 7) is 13.1. The van der Waals surface area contributed by atoms with Crippen molar-refractivity contribution >= 4 is 5.69 Å². The van der Waals surface area contributed by atoms with Gasteiger partial charge in [-0.25, -0.2) is 0 Å². The molecule has 3 heteroatoms. The van der Waals surface area contributed by atoms with Crippen molar-refractivity contribution in [2.24, 2.45) is 5.92 Å². The fourth-order valence-corrected chi connectivity index (χ4v) is 3.57. The maximum absolute atomic E-state index is 10.6. The molecule has 2 atom stereocenters. The molecule has 0 spiro atoms. The minimum atomic E-state index is -0.489. The summed E-state index contributed by atoms with van der Waals surface area (Å²) >= 11 is 0. The van der Waals surface area contributed by atoms with Crippen LogP contribution in [0.1, 0.15) is 38.8 Å². The molecule has 0 amide bonds. The highest BCUT2D eigenvalue weighted by molar-refractivity contribution is 5.50. The lowest BCUT2D eigenvalue weighted by Gasteiger charge is -2.32. The first-order valence-corrected chi connectivity index (χ1v) is 7.70. The van der Waals surface area contributed by atoms with Crippen LogP contribution in [0.3, 0.4) is 0 Å². The summed E-state index contributed by atoms with van der Waals surface area (Å²) in [5, 5.41) is 10.6. The zero-order chi connectivity index (χ0) is 16.0. The summed E-state index contributed by atoms with van der Waals surface area (Å²) in [4.78, 5) is 2.22. The van der Waals surface area contributed by atoms with Gasteiger partial charge in [0.15, 0.2) is 0 Å². The second-order valence-electron chi connectivity index (χ2n) is 7.59. The molecule has 1 saturated heterocycles. The first kappa shape index (κ1) is 16.3. The van der Waals surface area contributed by atoms with Gasteiger partial charge in [-0.3, -0.25) is 0 Å². The fraction of sp³-hybridized carbons (Fsp3) is 0.667. The number of hydrogen-bond donors (Lipinski definition) is 1. The Labute approximate surface area is 128 Å². The first-order chi connectivity index (χ1) is 9.53. The topological polar surface area (TPSA) is 32.7 Å². The highest BCUT2D eigenvalue weighted by atomic mass is 16.5. The van der Waals surface area contributed by atoms with Crippen molar-refractivity contribution < 1.29 is 9.84 Å². The van der Waals surface area contributed by atoms with E-state index in [1.165, 1.54) is 16.8 Å². The highest BCUT2D eigenvalue weighted by Gasteiger charge is 2.53. The molecule has 21 heavy (non-hydrogen) atoms. The van der Waals surface area contributed by atoms with Gasteiger partial charge in [0.2, 0.25) is 0 Å². The van der Waals surface area contributed by atoms with E-state index in [9.17, 15) is 5.11 Å². The Kier molecular flexibility index (Phi) is 4.11. The van der Waals surface area contributed by atoms with Crippen molar-refractivity contribution in [3.63, 3.8) is 0 Å². The molecule has 118 valence electrons. The van der Waals surface area contributed by atoms with Gasteiger partial charge in [-0.05, 0) is 64.8 Å². The number of hydrogen-bond acceptors (Lipinski definition) is 3. The van der Waals surface area contributed by atoms with Crippen molar-refractivity contribution in [1.82, 2.24) is 0 Å². The number of rotatable bonds is 3. The average molecular weight is 291 g/mol. The van der Waals surface area contributed by atoms with E-state index in [1.54, 1.807) is 0 Å². The van der Waals surface area contributed by atoms with Crippen molar-refractivity contribution in [2.75, 3.05) is 18.5 Å². The van der Waals surface area contributed by atoms with Crippen molar-refractivity contribution in [3.8, 4) is 0 Å². The largest absolute Gasteiger partial charge is 0.390 e. The van der Waals surface area contributed by atoms with Crippen LogP contribution in [0.15, 0.2) is 18.2 Å². The number of nitrogens with zero attached hydrogens (tertiary/aromatic N) is 1. The molecule has 0 aromatic heterocycles. The molecule has 3 nitrogen and oxygen atoms in total. The van der Waals surface area contributed by atoms with Gasteiger partial charge in [0.1, 0.15) is 0 Å². The van der Waals surface area contributed by atoms with Gasteiger partial charge in [0.05, 0.1) is 17.3 Å². The number of benzene rings is 1. The molecule has 1 aliphatic rings. The molecule has 1 N–H and O–H groups in total. The predicted octanol–water partition coefficient (Wildman–Crippen LogP) is 3.30. The number of anilines is 1. The third kappa shape index (κ3) is 3.24. The second kappa shape index (κ2) is 5.29. The molecule has 0 saturated carbocycles. The number of ether oxygens (including phenoxy) is 1. The minimum absolute atomic E-state index is 0.0818. The molecule has 1 heterocycles. The average Bonchev–Trinajstić information content (AvgIpc) is 2.46. The zero-order valence-electron chi connectivity index (χ0n) is 14.4. The lowest BCUT2D eigenvalue weighted by molar-refractivity contribution is -0.0906. The van der Waals surface area contributed by atoms with Crippen LogP contribution in [0, 0.1) is 19.8 Å². The first-order valence-electron chi connectivity index (χ1n) is 7.70. The van der Waals surface area contributed by atoms with E-state index in [-0.39, 0.29) is 11.5 Å². The Balaban J connectivity index is 2.20. The Morgan fingerprint density at radius 2 is 1.57 bits per heavy atom. The summed E-state index contributed by atoms with van der Waals surface area (Å²) in [6, 6.07) is 6.55. The molecule has 2 rings (SSSR count). The molecule has 1 aliphatic heterocycles. The van der Waals surface area contributed by atoms with Gasteiger partial charge < -0.3 is 14.7 Å². The summed E-state index contributed by atoms with van der Waals surface area (Å²) in [5.74, 6) is 0.0818. The Morgan fingerprint density at radius 3 is 2.00 bits per heavy atom. The van der Waals surface area contributed by atoms with E-state index in [0.717, 1.165) is 6.54 Å². The summed E-state index contributed by atoms with van der Waals surface area (Å²) < 4.78 is 6.07. The van der Waals surface area contributed by atoms with Crippen LogP contribution in [0.2, 0.25) is 0 Å². The van der Waals surface area contributed by atoms with E-state index in [0.29, 0.717) is 0 Å². The molecule has 1 aromatic rings. The monoisotopic (exact) mass is 291 g/mol. The molecular weight excluding hydrogens is 262 g/mol. The van der Waals surface area contributed by atoms with Gasteiger partial charge >= 0.3 is 0 Å². The van der Waals surface area contributed by atoms with Gasteiger partial charge in [-0.2, -0.15) is 0 Å². The van der Waals surface area contributed by atoms with Crippen LogP contribution >= 0.6 is 0 Å². The summed E-state index contributed by atoms with van der Waals surface area (Å²) in [7, 11) is 2.09. The number of aliphatic hydroxyl groups excluding tert-OH is 1. The van der Waals surface area contributed by atoms with Crippen LogP contribution in [-0.4, -0.2) is 36.0 Å². The van der Waals surface area contributed by atoms with Crippen LogP contribution in [0.25, 0.3) is 0 Å². The van der Waals surface area contributed by atoms with E-state index in [2.05, 4.69) is 57.8 Å². The van der Waals surface area contributed by atoms with E-state index in [4.69, 9.17) is 4.74 Å². The van der Waals surface area contributed by atoms with E-state index < -0.39 is 11.7 Å². The molecule has 0 radical (unpaired) electrons. The molecule has 1 fully saturated rings. The van der Waals surface area contributed by atoms with Gasteiger partial charge in [0.25, 0.3) is 0 Å². The smallest absolute Gasteiger partial charge is 0.0897 e. The lowest BCUT2D eigenvalue weighted by atomic mass is 9.84. The third-order valence-corrected chi connectivity index (χ3v) is 4.63. The zero-order valence-corrected chi connectivity index (χ0v) is 14.4. The summed E-state index contributed by atoms with van der Waals surface area (Å²) in [5.41, 5.74) is 2.91. The van der Waals surface area contributed by atoms with Crippen LogP contribution in [0.5, 0.6) is 0 Å². The number of aliphatic hydroxyl groups is 1. The molecular formula is C18H29NO2. The normalized spacial score (nSPS) is 26.9. The second-order valence-corrected chi connectivity index (χ2v) is 7.59. The maximum Gasteiger partial charge on any atom is 0.0897 e. The Bertz CT molecular complexity index is 502. The summed E-state index contributed by atoms with van der Waals surface area (Å²) in [6.07, 6.45) is -0.458. The highest BCUT2D eigenvalue weighted by Crippen LogP contribution is 2.42. The third-order valence-electron chi connectivity index (χ3n) is 4.63. The maximum atomic E-state index is 10.6. The predicted molar refractivity (Wildman–Crippen MR) is 87.9 cm³/mol. The quantitative estimate of drug-likeness (QED) is 0.927. The molecule has 0 bridgehead atoms. The fourth-order valence-electron chi connectivity index (χ4n) is 3.57. The van der Waals surface area contributed by atoms with Crippen LogP contribution in [-0.2, 0) is 4.74 Å². The molecule has 0 aliphatic carbocycles. The van der Waals surface area contributed by atoms with Crippen LogP contribution < -0.4 is 4.90 Å².